The summed E-state index contributed by atoms with van der Waals surface area (Å²) in [5.41, 5.74) is -0.327. The van der Waals surface area contributed by atoms with Crippen molar-refractivity contribution in [3.8, 4) is 17.3 Å². The lowest BCUT2D eigenvalue weighted by Gasteiger charge is -2.06. The summed E-state index contributed by atoms with van der Waals surface area (Å²) in [6.07, 6.45) is 3.02. The molecular formula is C12H5ClF3N5. The van der Waals surface area contributed by atoms with E-state index in [1.54, 1.807) is 6.07 Å². The average Bonchev–Trinajstić information content (AvgIpc) is 2.98. The van der Waals surface area contributed by atoms with Gasteiger partial charge in [-0.15, -0.1) is 0 Å². The molecule has 0 spiro atoms. The Morgan fingerprint density at radius 2 is 1.81 bits per heavy atom. The van der Waals surface area contributed by atoms with Crippen molar-refractivity contribution in [3.63, 3.8) is 0 Å². The molecule has 0 fully saturated rings. The van der Waals surface area contributed by atoms with E-state index in [1.807, 2.05) is 0 Å². The number of halogens is 4. The van der Waals surface area contributed by atoms with Crippen LogP contribution in [0.2, 0.25) is 5.28 Å². The van der Waals surface area contributed by atoms with Gasteiger partial charge in [-0.2, -0.15) is 20.1 Å². The van der Waals surface area contributed by atoms with Crippen LogP contribution < -0.4 is 0 Å². The Balaban J connectivity index is 2.18. The summed E-state index contributed by atoms with van der Waals surface area (Å²) in [6, 6.07) is 3.42. The van der Waals surface area contributed by atoms with Crippen LogP contribution in [0, 0.1) is 17.5 Å². The molecule has 3 aromatic rings. The lowest BCUT2D eigenvalue weighted by molar-refractivity contribution is 0.448. The summed E-state index contributed by atoms with van der Waals surface area (Å²) in [5, 5.41) is 3.67. The lowest BCUT2D eigenvalue weighted by atomic mass is 10.2. The topological polar surface area (TPSA) is 56.5 Å². The third-order valence-electron chi connectivity index (χ3n) is 2.58. The number of nitrogens with zero attached hydrogens (tertiary/aromatic N) is 5. The molecule has 9 heteroatoms. The first-order valence-corrected chi connectivity index (χ1v) is 5.99. The van der Waals surface area contributed by atoms with Crippen LogP contribution in [0.5, 0.6) is 0 Å². The first kappa shape index (κ1) is 13.5. The molecule has 0 N–H and O–H groups in total. The fraction of sp³-hybridized carbons (Fsp3) is 0. The molecule has 3 rings (SSSR count). The minimum atomic E-state index is -1.61. The Labute approximate surface area is 121 Å². The van der Waals surface area contributed by atoms with Gasteiger partial charge in [0.25, 0.3) is 5.95 Å². The predicted molar refractivity (Wildman–Crippen MR) is 67.3 cm³/mol. The van der Waals surface area contributed by atoms with E-state index in [0.717, 1.165) is 12.1 Å². The highest BCUT2D eigenvalue weighted by atomic mass is 35.5. The average molecular weight is 312 g/mol. The van der Waals surface area contributed by atoms with Crippen LogP contribution in [0.15, 0.2) is 30.6 Å². The Kier molecular flexibility index (Phi) is 3.30. The molecular weight excluding hydrogens is 307 g/mol. The molecule has 0 unspecified atom stereocenters. The quantitative estimate of drug-likeness (QED) is 0.683. The van der Waals surface area contributed by atoms with Gasteiger partial charge in [0, 0.05) is 12.4 Å². The van der Waals surface area contributed by atoms with E-state index in [-0.39, 0.29) is 22.6 Å². The summed E-state index contributed by atoms with van der Waals surface area (Å²) in [5.74, 6) is -4.51. The summed E-state index contributed by atoms with van der Waals surface area (Å²) < 4.78 is 41.3. The van der Waals surface area contributed by atoms with Crippen LogP contribution in [0.1, 0.15) is 0 Å². The van der Waals surface area contributed by atoms with E-state index in [1.165, 1.54) is 17.1 Å². The highest BCUT2D eigenvalue weighted by molar-refractivity contribution is 6.28. The van der Waals surface area contributed by atoms with Gasteiger partial charge in [0.15, 0.2) is 23.3 Å². The second kappa shape index (κ2) is 5.13. The number of benzene rings is 1. The molecule has 0 bridgehead atoms. The molecule has 21 heavy (non-hydrogen) atoms. The number of aromatic nitrogens is 5. The maximum Gasteiger partial charge on any atom is 0.255 e. The first-order valence-electron chi connectivity index (χ1n) is 5.61. The van der Waals surface area contributed by atoms with E-state index in [4.69, 9.17) is 11.6 Å². The van der Waals surface area contributed by atoms with Crippen LogP contribution in [0.3, 0.4) is 0 Å². The highest BCUT2D eigenvalue weighted by Gasteiger charge is 2.18. The van der Waals surface area contributed by atoms with E-state index in [2.05, 4.69) is 20.1 Å². The first-order chi connectivity index (χ1) is 10.1. The molecule has 2 heterocycles. The summed E-state index contributed by atoms with van der Waals surface area (Å²) >= 11 is 5.75. The van der Waals surface area contributed by atoms with Crippen molar-refractivity contribution in [2.24, 2.45) is 0 Å². The molecule has 1 aromatic carbocycles. The largest absolute Gasteiger partial charge is 0.255 e. The van der Waals surface area contributed by atoms with Crippen molar-refractivity contribution in [3.05, 3.63) is 53.3 Å². The molecule has 0 aliphatic heterocycles. The van der Waals surface area contributed by atoms with Crippen LogP contribution in [-0.2, 0) is 0 Å². The third kappa shape index (κ3) is 2.45. The minimum absolute atomic E-state index is 0.0270. The van der Waals surface area contributed by atoms with Gasteiger partial charge in [-0.25, -0.2) is 17.9 Å². The standard InChI is InChI=1S/C12H5ClF3N5/c13-11-18-10(6-2-3-7(14)9(16)8(6)15)19-12(20-11)21-5-1-4-17-21/h1-5H. The molecule has 0 saturated heterocycles. The fourth-order valence-corrected chi connectivity index (χ4v) is 1.80. The van der Waals surface area contributed by atoms with Gasteiger partial charge < -0.3 is 0 Å². The molecule has 106 valence electrons. The normalized spacial score (nSPS) is 10.9. The monoisotopic (exact) mass is 311 g/mol. The minimum Gasteiger partial charge on any atom is -0.206 e. The molecule has 0 atom stereocenters. The van der Waals surface area contributed by atoms with Crippen LogP contribution >= 0.6 is 11.6 Å². The van der Waals surface area contributed by atoms with E-state index >= 15 is 0 Å². The van der Waals surface area contributed by atoms with Crippen molar-refractivity contribution >= 4 is 11.6 Å². The van der Waals surface area contributed by atoms with Gasteiger partial charge in [0.1, 0.15) is 0 Å². The third-order valence-corrected chi connectivity index (χ3v) is 2.75. The van der Waals surface area contributed by atoms with Crippen molar-refractivity contribution in [1.82, 2.24) is 24.7 Å². The van der Waals surface area contributed by atoms with E-state index in [0.29, 0.717) is 0 Å². The summed E-state index contributed by atoms with van der Waals surface area (Å²) in [6.45, 7) is 0. The Morgan fingerprint density at radius 3 is 2.52 bits per heavy atom. The number of rotatable bonds is 2. The SMILES string of the molecule is Fc1ccc(-c2nc(Cl)nc(-n3cccn3)n2)c(F)c1F. The molecule has 0 radical (unpaired) electrons. The lowest BCUT2D eigenvalue weighted by Crippen LogP contribution is -2.06. The highest BCUT2D eigenvalue weighted by Crippen LogP contribution is 2.24. The zero-order chi connectivity index (χ0) is 15.0. The molecule has 0 aliphatic rings. The van der Waals surface area contributed by atoms with Crippen molar-refractivity contribution < 1.29 is 13.2 Å². The van der Waals surface area contributed by atoms with Gasteiger partial charge in [0.2, 0.25) is 5.28 Å². The fourth-order valence-electron chi connectivity index (χ4n) is 1.65. The van der Waals surface area contributed by atoms with Crippen LogP contribution in [0.4, 0.5) is 13.2 Å². The summed E-state index contributed by atoms with van der Waals surface area (Å²) in [7, 11) is 0. The maximum absolute atomic E-state index is 13.8. The second-order valence-electron chi connectivity index (χ2n) is 3.90. The van der Waals surface area contributed by atoms with Crippen molar-refractivity contribution in [1.29, 1.82) is 0 Å². The predicted octanol–water partition coefficient (Wildman–Crippen LogP) is 2.79. The van der Waals surface area contributed by atoms with Crippen molar-refractivity contribution in [2.75, 3.05) is 0 Å². The van der Waals surface area contributed by atoms with Gasteiger partial charge in [-0.1, -0.05) is 0 Å². The zero-order valence-corrected chi connectivity index (χ0v) is 10.9. The molecule has 0 saturated carbocycles. The zero-order valence-electron chi connectivity index (χ0n) is 10.1. The van der Waals surface area contributed by atoms with E-state index in [9.17, 15) is 13.2 Å². The van der Waals surface area contributed by atoms with Crippen LogP contribution in [-0.4, -0.2) is 24.7 Å². The Bertz CT molecular complexity index is 807. The molecule has 2 aromatic heterocycles. The molecule has 0 amide bonds. The molecule has 5 nitrogen and oxygen atoms in total. The Morgan fingerprint density at radius 1 is 1.00 bits per heavy atom. The smallest absolute Gasteiger partial charge is 0.206 e. The van der Waals surface area contributed by atoms with Gasteiger partial charge in [-0.05, 0) is 29.8 Å². The molecule has 0 aliphatic carbocycles. The van der Waals surface area contributed by atoms with Crippen molar-refractivity contribution in [2.45, 2.75) is 0 Å². The van der Waals surface area contributed by atoms with Gasteiger partial charge >= 0.3 is 0 Å². The van der Waals surface area contributed by atoms with Gasteiger partial charge in [0.05, 0.1) is 5.56 Å². The second-order valence-corrected chi connectivity index (χ2v) is 4.24. The number of hydrogen-bond acceptors (Lipinski definition) is 4. The Hall–Kier alpha value is -2.48. The summed E-state index contributed by atoms with van der Waals surface area (Å²) in [4.78, 5) is 11.5. The van der Waals surface area contributed by atoms with E-state index < -0.39 is 17.5 Å². The van der Waals surface area contributed by atoms with Crippen LogP contribution in [0.25, 0.3) is 17.3 Å². The van der Waals surface area contributed by atoms with Gasteiger partial charge in [-0.3, -0.25) is 0 Å². The number of hydrogen-bond donors (Lipinski definition) is 0. The maximum atomic E-state index is 13.8.